The van der Waals surface area contributed by atoms with Gasteiger partial charge in [0.2, 0.25) is 0 Å². The van der Waals surface area contributed by atoms with E-state index in [-0.39, 0.29) is 17.7 Å². The molecule has 0 heterocycles. The number of allylic oxidation sites excluding steroid dienone is 1. The number of carbonyl (C=O) groups is 2. The highest BCUT2D eigenvalue weighted by Gasteiger charge is 2.16. The van der Waals surface area contributed by atoms with Crippen molar-refractivity contribution < 1.29 is 18.7 Å². The van der Waals surface area contributed by atoms with Gasteiger partial charge in [0.1, 0.15) is 11.5 Å². The summed E-state index contributed by atoms with van der Waals surface area (Å²) < 4.78 is 18.8. The van der Waals surface area contributed by atoms with Crippen molar-refractivity contribution in [3.05, 3.63) is 65.6 Å². The molecule has 2 aromatic carbocycles. The van der Waals surface area contributed by atoms with Crippen LogP contribution < -0.4 is 5.32 Å². The van der Waals surface area contributed by atoms with Crippen LogP contribution in [0.15, 0.2) is 59.2 Å². The number of anilines is 1. The number of hydrogen-bond acceptors (Lipinski definition) is 4. The second-order valence-electron chi connectivity index (χ2n) is 10.2. The molecule has 0 aliphatic heterocycles. The molecule has 1 atom stereocenters. The van der Waals surface area contributed by atoms with E-state index in [1.54, 1.807) is 12.1 Å². The van der Waals surface area contributed by atoms with Crippen LogP contribution in [0.4, 0.5) is 10.1 Å². The van der Waals surface area contributed by atoms with E-state index in [4.69, 9.17) is 4.99 Å². The lowest BCUT2D eigenvalue weighted by Gasteiger charge is -2.17. The van der Waals surface area contributed by atoms with Gasteiger partial charge in [-0.15, -0.1) is 0 Å². The van der Waals surface area contributed by atoms with Gasteiger partial charge in [-0.25, -0.2) is 4.39 Å². The zero-order valence-electron chi connectivity index (χ0n) is 24.3. The van der Waals surface area contributed by atoms with Crippen LogP contribution in [0.1, 0.15) is 90.5 Å². The largest absolute Gasteiger partial charge is 0.469 e. The Morgan fingerprint density at radius 3 is 2.31 bits per heavy atom. The third-order valence-electron chi connectivity index (χ3n) is 7.03. The average molecular weight is 537 g/mol. The van der Waals surface area contributed by atoms with Crippen molar-refractivity contribution in [1.29, 1.82) is 0 Å². The van der Waals surface area contributed by atoms with E-state index < -0.39 is 0 Å². The summed E-state index contributed by atoms with van der Waals surface area (Å²) in [4.78, 5) is 29.2. The van der Waals surface area contributed by atoms with Crippen molar-refractivity contribution in [1.82, 2.24) is 0 Å². The monoisotopic (exact) mass is 536 g/mol. The van der Waals surface area contributed by atoms with E-state index in [1.807, 2.05) is 45.0 Å². The molecule has 2 rings (SSSR count). The molecule has 1 amide bonds. The van der Waals surface area contributed by atoms with Gasteiger partial charge in [0.15, 0.2) is 0 Å². The maximum absolute atomic E-state index is 14.1. The van der Waals surface area contributed by atoms with Gasteiger partial charge < -0.3 is 10.1 Å². The third kappa shape index (κ3) is 11.2. The molecule has 39 heavy (non-hydrogen) atoms. The van der Waals surface area contributed by atoms with Gasteiger partial charge in [-0.3, -0.25) is 14.6 Å². The normalized spacial score (nSPS) is 12.8. The molecule has 6 heteroatoms. The van der Waals surface area contributed by atoms with Crippen molar-refractivity contribution in [3.8, 4) is 11.1 Å². The molecule has 1 N–H and O–H groups in total. The van der Waals surface area contributed by atoms with Crippen molar-refractivity contribution in [3.63, 3.8) is 0 Å². The predicted octanol–water partition coefficient (Wildman–Crippen LogP) is 8.81. The average Bonchev–Trinajstić information content (AvgIpc) is 2.93. The van der Waals surface area contributed by atoms with Crippen LogP contribution >= 0.6 is 0 Å². The Morgan fingerprint density at radius 1 is 1.00 bits per heavy atom. The van der Waals surface area contributed by atoms with Crippen LogP contribution in [-0.4, -0.2) is 24.7 Å². The number of benzene rings is 2. The number of nitrogens with zero attached hydrogens (tertiary/aromatic N) is 1. The van der Waals surface area contributed by atoms with E-state index in [9.17, 15) is 14.0 Å². The van der Waals surface area contributed by atoms with Crippen LogP contribution in [0.25, 0.3) is 11.1 Å². The number of rotatable bonds is 16. The zero-order chi connectivity index (χ0) is 28.6. The second kappa shape index (κ2) is 17.3. The summed E-state index contributed by atoms with van der Waals surface area (Å²) in [6.07, 6.45) is 11.8. The van der Waals surface area contributed by atoms with Gasteiger partial charge in [-0.1, -0.05) is 81.4 Å². The molecular formula is C33H45FN2O3. The number of aryl methyl sites for hydroxylation is 1. The predicted molar refractivity (Wildman–Crippen MR) is 159 cm³/mol. The molecule has 2 aromatic rings. The number of amides is 1. The van der Waals surface area contributed by atoms with Gasteiger partial charge in [-0.2, -0.15) is 0 Å². The number of methoxy groups -OCH3 is 1. The summed E-state index contributed by atoms with van der Waals surface area (Å²) in [7, 11) is 1.43. The molecule has 0 aromatic heterocycles. The first-order valence-corrected chi connectivity index (χ1v) is 14.2. The molecule has 0 saturated heterocycles. The highest BCUT2D eigenvalue weighted by atomic mass is 19.1. The van der Waals surface area contributed by atoms with Crippen LogP contribution in [-0.2, 0) is 14.3 Å². The molecule has 0 aliphatic rings. The number of aliphatic imine (C=N–C) groups is 1. The fourth-order valence-corrected chi connectivity index (χ4v) is 4.69. The number of halogens is 1. The van der Waals surface area contributed by atoms with E-state index in [2.05, 4.69) is 17.0 Å². The SMILES string of the molecule is C/C=C(\N=C(C)C(CCC)CCCCCCCCC(=O)OC)C(=O)Nc1ccc(F)cc1-c1ccc(C)cc1. The molecule has 0 bridgehead atoms. The zero-order valence-corrected chi connectivity index (χ0v) is 24.3. The Balaban J connectivity index is 1.99. The molecular weight excluding hydrogens is 491 g/mol. The second-order valence-corrected chi connectivity index (χ2v) is 10.2. The van der Waals surface area contributed by atoms with Gasteiger partial charge in [-0.05, 0) is 69.7 Å². The van der Waals surface area contributed by atoms with Crippen molar-refractivity contribution in [2.75, 3.05) is 12.4 Å². The number of nitrogens with one attached hydrogen (secondary N) is 1. The number of unbranched alkanes of at least 4 members (excludes halogenated alkanes) is 5. The molecule has 212 valence electrons. The minimum Gasteiger partial charge on any atom is -0.469 e. The fraction of sp³-hybridized carbons (Fsp3) is 0.485. The first kappa shape index (κ1) is 31.9. The number of esters is 1. The Morgan fingerprint density at radius 2 is 1.67 bits per heavy atom. The highest BCUT2D eigenvalue weighted by Crippen LogP contribution is 2.30. The Bertz CT molecular complexity index is 1120. The topological polar surface area (TPSA) is 67.8 Å². The van der Waals surface area contributed by atoms with E-state index >= 15 is 0 Å². The molecule has 0 fully saturated rings. The number of hydrogen-bond donors (Lipinski definition) is 1. The van der Waals surface area contributed by atoms with Crippen molar-refractivity contribution in [2.24, 2.45) is 10.9 Å². The Hall–Kier alpha value is -3.28. The molecule has 0 radical (unpaired) electrons. The van der Waals surface area contributed by atoms with E-state index in [1.165, 1.54) is 19.2 Å². The lowest BCUT2D eigenvalue weighted by Crippen LogP contribution is -2.17. The minimum absolute atomic E-state index is 0.134. The van der Waals surface area contributed by atoms with Gasteiger partial charge in [0.05, 0.1) is 7.11 Å². The third-order valence-corrected chi connectivity index (χ3v) is 7.03. The van der Waals surface area contributed by atoms with Crippen LogP contribution in [0, 0.1) is 18.7 Å². The lowest BCUT2D eigenvalue weighted by molar-refractivity contribution is -0.140. The quantitative estimate of drug-likeness (QED) is 0.101. The molecule has 0 spiro atoms. The smallest absolute Gasteiger partial charge is 0.305 e. The summed E-state index contributed by atoms with van der Waals surface area (Å²) >= 11 is 0. The first-order valence-electron chi connectivity index (χ1n) is 14.2. The first-order chi connectivity index (χ1) is 18.8. The summed E-state index contributed by atoms with van der Waals surface area (Å²) in [6.45, 7) is 8.00. The van der Waals surface area contributed by atoms with E-state index in [0.717, 1.165) is 74.6 Å². The number of carbonyl (C=O) groups excluding carboxylic acids is 2. The Kier molecular flexibility index (Phi) is 14.2. The maximum Gasteiger partial charge on any atom is 0.305 e. The summed E-state index contributed by atoms with van der Waals surface area (Å²) in [5.41, 5.74) is 4.46. The number of ether oxygens (including phenoxy) is 1. The standard InChI is InChI=1S/C33H45FN2O3/c1-6-14-26(15-12-10-8-9-11-13-16-32(37)39-5)25(4)35-30(7-2)33(38)36-31-22-21-28(34)23-29(31)27-19-17-24(3)18-20-27/h7,17-23,26H,6,8-16H2,1-5H3,(H,36,38)/b30-7-,35-25?. The Labute approximate surface area is 234 Å². The summed E-state index contributed by atoms with van der Waals surface area (Å²) in [5, 5.41) is 2.96. The minimum atomic E-state index is -0.354. The summed E-state index contributed by atoms with van der Waals surface area (Å²) in [6, 6.07) is 12.2. The van der Waals surface area contributed by atoms with Gasteiger partial charge in [0.25, 0.3) is 5.91 Å². The van der Waals surface area contributed by atoms with Crippen LogP contribution in [0.3, 0.4) is 0 Å². The van der Waals surface area contributed by atoms with Crippen LogP contribution in [0.5, 0.6) is 0 Å². The molecule has 1 unspecified atom stereocenters. The molecule has 0 aliphatic carbocycles. The van der Waals surface area contributed by atoms with Crippen LogP contribution in [0.2, 0.25) is 0 Å². The highest BCUT2D eigenvalue weighted by molar-refractivity contribution is 6.07. The maximum atomic E-state index is 14.1. The summed E-state index contributed by atoms with van der Waals surface area (Å²) in [5.74, 6) is -0.469. The van der Waals surface area contributed by atoms with Crippen molar-refractivity contribution >= 4 is 23.3 Å². The van der Waals surface area contributed by atoms with Gasteiger partial charge in [0, 0.05) is 23.4 Å². The van der Waals surface area contributed by atoms with Gasteiger partial charge >= 0.3 is 5.97 Å². The molecule has 5 nitrogen and oxygen atoms in total. The lowest BCUT2D eigenvalue weighted by atomic mass is 9.92. The van der Waals surface area contributed by atoms with Crippen molar-refractivity contribution in [2.45, 2.75) is 91.9 Å². The fourth-order valence-electron chi connectivity index (χ4n) is 4.69. The van der Waals surface area contributed by atoms with E-state index in [0.29, 0.717) is 29.3 Å². The molecule has 0 saturated carbocycles.